The van der Waals surface area contributed by atoms with Gasteiger partial charge in [-0.1, -0.05) is 25.1 Å². The Balaban J connectivity index is 2.46. The minimum atomic E-state index is -4.46. The van der Waals surface area contributed by atoms with Gasteiger partial charge in [0.2, 0.25) is 5.78 Å². The van der Waals surface area contributed by atoms with Crippen LogP contribution >= 0.6 is 0 Å². The molecule has 1 heterocycles. The molecule has 0 amide bonds. The molecular weight excluding hydrogens is 295 g/mol. The van der Waals surface area contributed by atoms with Crippen molar-refractivity contribution >= 4 is 11.4 Å². The van der Waals surface area contributed by atoms with Gasteiger partial charge in [0.1, 0.15) is 0 Å². The molecule has 2 rings (SSSR count). The van der Waals surface area contributed by atoms with Crippen LogP contribution in [0, 0.1) is 0 Å². The van der Waals surface area contributed by atoms with Crippen molar-refractivity contribution in [3.63, 3.8) is 0 Å². The molecule has 1 aromatic rings. The van der Waals surface area contributed by atoms with E-state index in [-0.39, 0.29) is 22.8 Å². The lowest BCUT2D eigenvalue weighted by atomic mass is 9.98. The summed E-state index contributed by atoms with van der Waals surface area (Å²) in [5.74, 6) is -0.107. The number of benzene rings is 1. The van der Waals surface area contributed by atoms with Gasteiger partial charge in [0.05, 0.1) is 11.1 Å². The maximum Gasteiger partial charge on any atom is 0.416 e. The predicted octanol–water partition coefficient (Wildman–Crippen LogP) is 3.53. The van der Waals surface area contributed by atoms with Crippen molar-refractivity contribution < 1.29 is 22.7 Å². The summed E-state index contributed by atoms with van der Waals surface area (Å²) in [6.45, 7) is 5.68. The van der Waals surface area contributed by atoms with Gasteiger partial charge in [0, 0.05) is 6.54 Å². The van der Waals surface area contributed by atoms with Gasteiger partial charge in [0.25, 0.3) is 0 Å². The van der Waals surface area contributed by atoms with Gasteiger partial charge < -0.3 is 10.1 Å². The van der Waals surface area contributed by atoms with E-state index < -0.39 is 17.8 Å². The summed E-state index contributed by atoms with van der Waals surface area (Å²) in [6, 6.07) is 4.69. The molecule has 0 aliphatic carbocycles. The molecule has 1 aliphatic heterocycles. The molecule has 1 aliphatic rings. The van der Waals surface area contributed by atoms with Crippen LogP contribution in [0.3, 0.4) is 0 Å². The van der Waals surface area contributed by atoms with E-state index >= 15 is 0 Å². The summed E-state index contributed by atoms with van der Waals surface area (Å²) in [4.78, 5) is 12.3. The molecule has 0 saturated heterocycles. The fourth-order valence-electron chi connectivity index (χ4n) is 2.22. The lowest BCUT2D eigenvalue weighted by molar-refractivity contribution is -0.137. The summed E-state index contributed by atoms with van der Waals surface area (Å²) in [6.07, 6.45) is -3.11. The normalized spacial score (nSPS) is 18.4. The third-order valence-corrected chi connectivity index (χ3v) is 3.28. The number of alkyl halides is 3. The van der Waals surface area contributed by atoms with E-state index in [0.717, 1.165) is 12.1 Å². The number of ether oxygens (including phenoxy) is 1. The van der Waals surface area contributed by atoms with Crippen LogP contribution in [-0.2, 0) is 15.7 Å². The monoisotopic (exact) mass is 311 g/mol. The molecule has 0 aromatic heterocycles. The van der Waals surface area contributed by atoms with E-state index in [2.05, 4.69) is 11.9 Å². The molecule has 0 spiro atoms. The molecule has 0 bridgehead atoms. The Hall–Kier alpha value is -2.24. The number of carbonyl (C=O) groups excluding carboxylic acids is 1. The van der Waals surface area contributed by atoms with E-state index in [1.807, 2.05) is 0 Å². The standard InChI is InChI=1S/C16H16F3NO2/c1-3-8-20-15-13(14(21)12(4-2)22-15)10-6-5-7-11(9-10)16(17,18)19/h3,5-7,9,12,20H,1,4,8H2,2H3. The number of hydrogen-bond acceptors (Lipinski definition) is 3. The average molecular weight is 311 g/mol. The fourth-order valence-corrected chi connectivity index (χ4v) is 2.22. The predicted molar refractivity (Wildman–Crippen MR) is 76.7 cm³/mol. The molecule has 3 nitrogen and oxygen atoms in total. The number of ketones is 1. The first-order valence-corrected chi connectivity index (χ1v) is 6.86. The SMILES string of the molecule is C=CCNC1=C(c2cccc(C(F)(F)F)c2)C(=O)C(CC)O1. The van der Waals surface area contributed by atoms with Crippen molar-refractivity contribution in [2.45, 2.75) is 25.6 Å². The van der Waals surface area contributed by atoms with Crippen LogP contribution in [0.25, 0.3) is 5.57 Å². The summed E-state index contributed by atoms with van der Waals surface area (Å²) in [5.41, 5.74) is -0.449. The van der Waals surface area contributed by atoms with E-state index in [9.17, 15) is 18.0 Å². The van der Waals surface area contributed by atoms with E-state index in [1.54, 1.807) is 13.0 Å². The molecule has 0 fully saturated rings. The van der Waals surface area contributed by atoms with Crippen molar-refractivity contribution in [3.05, 3.63) is 53.9 Å². The van der Waals surface area contributed by atoms with Crippen LogP contribution in [0.2, 0.25) is 0 Å². The second-order valence-corrected chi connectivity index (χ2v) is 4.83. The van der Waals surface area contributed by atoms with Crippen LogP contribution in [0.4, 0.5) is 13.2 Å². The Morgan fingerprint density at radius 3 is 2.73 bits per heavy atom. The minimum Gasteiger partial charge on any atom is -0.467 e. The Labute approximate surface area is 126 Å². The zero-order valence-electron chi connectivity index (χ0n) is 12.0. The number of hydrogen-bond donors (Lipinski definition) is 1. The van der Waals surface area contributed by atoms with E-state index in [0.29, 0.717) is 13.0 Å². The largest absolute Gasteiger partial charge is 0.467 e. The first-order valence-electron chi connectivity index (χ1n) is 6.86. The topological polar surface area (TPSA) is 38.3 Å². The highest BCUT2D eigenvalue weighted by Crippen LogP contribution is 2.34. The fraction of sp³-hybridized carbons (Fsp3) is 0.312. The van der Waals surface area contributed by atoms with Gasteiger partial charge in [-0.25, -0.2) is 0 Å². The maximum atomic E-state index is 12.8. The quantitative estimate of drug-likeness (QED) is 0.846. The highest BCUT2D eigenvalue weighted by Gasteiger charge is 2.36. The van der Waals surface area contributed by atoms with Gasteiger partial charge >= 0.3 is 6.18 Å². The molecular formula is C16H16F3NO2. The molecule has 1 atom stereocenters. The van der Waals surface area contributed by atoms with Gasteiger partial charge in [-0.15, -0.1) is 6.58 Å². The Bertz CT molecular complexity index is 620. The zero-order chi connectivity index (χ0) is 16.3. The Morgan fingerprint density at radius 2 is 2.14 bits per heavy atom. The third-order valence-electron chi connectivity index (χ3n) is 3.28. The van der Waals surface area contributed by atoms with Gasteiger partial charge in [0.15, 0.2) is 12.0 Å². The van der Waals surface area contributed by atoms with Crippen molar-refractivity contribution in [1.82, 2.24) is 5.32 Å². The highest BCUT2D eigenvalue weighted by molar-refractivity contribution is 6.25. The number of nitrogens with one attached hydrogen (secondary N) is 1. The number of Topliss-reactive ketones (excluding diaryl/α,β-unsaturated/α-hetero) is 1. The number of carbonyl (C=O) groups is 1. The summed E-state index contributed by atoms with van der Waals surface area (Å²) in [5, 5.41) is 2.87. The van der Waals surface area contributed by atoms with E-state index in [1.165, 1.54) is 12.1 Å². The lowest BCUT2D eigenvalue weighted by Crippen LogP contribution is -2.18. The van der Waals surface area contributed by atoms with Crippen molar-refractivity contribution in [2.24, 2.45) is 0 Å². The molecule has 1 unspecified atom stereocenters. The maximum absolute atomic E-state index is 12.8. The van der Waals surface area contributed by atoms with Crippen LogP contribution in [0.15, 0.2) is 42.8 Å². The van der Waals surface area contributed by atoms with Crippen molar-refractivity contribution in [1.29, 1.82) is 0 Å². The van der Waals surface area contributed by atoms with Crippen LogP contribution in [-0.4, -0.2) is 18.4 Å². The van der Waals surface area contributed by atoms with Gasteiger partial charge in [-0.3, -0.25) is 4.79 Å². The third kappa shape index (κ3) is 3.16. The van der Waals surface area contributed by atoms with Gasteiger partial charge in [-0.2, -0.15) is 13.2 Å². The first-order chi connectivity index (χ1) is 10.4. The van der Waals surface area contributed by atoms with Crippen LogP contribution in [0.1, 0.15) is 24.5 Å². The molecule has 0 saturated carbocycles. The smallest absolute Gasteiger partial charge is 0.416 e. The summed E-state index contributed by atoms with van der Waals surface area (Å²) in [7, 11) is 0. The van der Waals surface area contributed by atoms with Crippen LogP contribution < -0.4 is 5.32 Å². The zero-order valence-corrected chi connectivity index (χ0v) is 12.0. The lowest BCUT2D eigenvalue weighted by Gasteiger charge is -2.10. The summed E-state index contributed by atoms with van der Waals surface area (Å²) < 4.78 is 44.0. The van der Waals surface area contributed by atoms with E-state index in [4.69, 9.17) is 4.74 Å². The Morgan fingerprint density at radius 1 is 1.41 bits per heavy atom. The second kappa shape index (κ2) is 6.25. The number of halogens is 3. The van der Waals surface area contributed by atoms with Crippen LogP contribution in [0.5, 0.6) is 0 Å². The van der Waals surface area contributed by atoms with Crippen molar-refractivity contribution in [3.8, 4) is 0 Å². The number of rotatable bonds is 5. The first kappa shape index (κ1) is 16.1. The van der Waals surface area contributed by atoms with Gasteiger partial charge in [-0.05, 0) is 24.1 Å². The molecule has 118 valence electrons. The molecule has 6 heteroatoms. The molecule has 1 aromatic carbocycles. The molecule has 1 N–H and O–H groups in total. The molecule has 22 heavy (non-hydrogen) atoms. The molecule has 0 radical (unpaired) electrons. The minimum absolute atomic E-state index is 0.153. The van der Waals surface area contributed by atoms with Crippen molar-refractivity contribution in [2.75, 3.05) is 6.54 Å². The highest BCUT2D eigenvalue weighted by atomic mass is 19.4. The second-order valence-electron chi connectivity index (χ2n) is 4.83. The average Bonchev–Trinajstić information content (AvgIpc) is 2.80. The summed E-state index contributed by atoms with van der Waals surface area (Å²) >= 11 is 0. The Kier molecular flexibility index (Phi) is 4.59.